The Balaban J connectivity index is 1.75. The molecule has 3 rings (SSSR count). The molecule has 236 valence electrons. The van der Waals surface area contributed by atoms with Crippen LogP contribution < -0.4 is 5.32 Å². The van der Waals surface area contributed by atoms with E-state index in [1.54, 1.807) is 13.8 Å². The number of ether oxygens (including phenoxy) is 3. The van der Waals surface area contributed by atoms with E-state index >= 15 is 0 Å². The first-order valence-corrected chi connectivity index (χ1v) is 15.7. The minimum absolute atomic E-state index is 0.0430. The van der Waals surface area contributed by atoms with Gasteiger partial charge in [0.2, 0.25) is 0 Å². The fourth-order valence-electron chi connectivity index (χ4n) is 5.64. The summed E-state index contributed by atoms with van der Waals surface area (Å²) in [6, 6.07) is 17.8. The Kier molecular flexibility index (Phi) is 12.0. The molecule has 7 nitrogen and oxygen atoms in total. The van der Waals surface area contributed by atoms with E-state index in [1.165, 1.54) is 22.3 Å². The quantitative estimate of drug-likeness (QED) is 0.219. The predicted molar refractivity (Wildman–Crippen MR) is 169 cm³/mol. The van der Waals surface area contributed by atoms with Gasteiger partial charge in [-0.2, -0.15) is 0 Å². The molecular formula is C36H51NO6. The van der Waals surface area contributed by atoms with Gasteiger partial charge in [-0.05, 0) is 53.4 Å². The summed E-state index contributed by atoms with van der Waals surface area (Å²) in [5.41, 5.74) is 5.10. The smallest absolute Gasteiger partial charge is 0.309 e. The van der Waals surface area contributed by atoms with Crippen molar-refractivity contribution in [1.82, 2.24) is 5.32 Å². The summed E-state index contributed by atoms with van der Waals surface area (Å²) in [6.07, 6.45) is 0.406. The van der Waals surface area contributed by atoms with Gasteiger partial charge in [0.25, 0.3) is 0 Å². The van der Waals surface area contributed by atoms with Gasteiger partial charge in [0.15, 0.2) is 0 Å². The van der Waals surface area contributed by atoms with E-state index in [9.17, 15) is 14.4 Å². The predicted octanol–water partition coefficient (Wildman–Crippen LogP) is 6.60. The lowest BCUT2D eigenvalue weighted by atomic mass is 9.80. The third-order valence-corrected chi connectivity index (χ3v) is 8.13. The summed E-state index contributed by atoms with van der Waals surface area (Å²) in [7, 11) is 0. The lowest BCUT2D eigenvalue weighted by Crippen LogP contribution is -2.30. The normalized spacial score (nSPS) is 17.9. The maximum absolute atomic E-state index is 13.0. The molecule has 0 spiro atoms. The molecule has 2 aromatic rings. The highest BCUT2D eigenvalue weighted by Gasteiger charge is 2.35. The molecule has 7 heteroatoms. The number of carbonyl (C=O) groups excluding carboxylic acids is 3. The van der Waals surface area contributed by atoms with E-state index < -0.39 is 23.8 Å². The third-order valence-electron chi connectivity index (χ3n) is 8.13. The first kappa shape index (κ1) is 34.3. The number of hydrogen-bond acceptors (Lipinski definition) is 7. The van der Waals surface area contributed by atoms with Crippen molar-refractivity contribution in [2.45, 2.75) is 110 Å². The standard InChI is InChI=1S/C36H51NO6/c1-9-41-31(38)20-15-26(34(40)42-10-2)21-32(39)43-29-22-30(37-23-29)33(24-11-16-27(17-12-24)35(3,4)5)25-13-18-28(19-14-25)36(6,7)8/h11-14,16-19,26,29-30,33,37H,9-10,15,20-23H2,1-8H3/t26-,29-,30-/m1/s1. The number of rotatable bonds is 12. The van der Waals surface area contributed by atoms with Crippen molar-refractivity contribution in [3.05, 3.63) is 70.8 Å². The third kappa shape index (κ3) is 9.92. The summed E-state index contributed by atoms with van der Waals surface area (Å²) >= 11 is 0. The molecule has 0 bridgehead atoms. The highest BCUT2D eigenvalue weighted by Crippen LogP contribution is 2.35. The molecule has 0 saturated carbocycles. The largest absolute Gasteiger partial charge is 0.466 e. The van der Waals surface area contributed by atoms with Crippen LogP contribution in [0.4, 0.5) is 0 Å². The monoisotopic (exact) mass is 593 g/mol. The highest BCUT2D eigenvalue weighted by molar-refractivity contribution is 5.80. The van der Waals surface area contributed by atoms with Gasteiger partial charge in [0.05, 0.1) is 25.6 Å². The number of benzene rings is 2. The maximum Gasteiger partial charge on any atom is 0.309 e. The van der Waals surface area contributed by atoms with Crippen molar-refractivity contribution in [3.8, 4) is 0 Å². The van der Waals surface area contributed by atoms with Crippen LogP contribution in [0.5, 0.6) is 0 Å². The van der Waals surface area contributed by atoms with E-state index in [0.717, 1.165) is 0 Å². The first-order valence-electron chi connectivity index (χ1n) is 15.7. The summed E-state index contributed by atoms with van der Waals surface area (Å²) in [5, 5.41) is 3.62. The summed E-state index contributed by atoms with van der Waals surface area (Å²) < 4.78 is 16.0. The second-order valence-corrected chi connectivity index (χ2v) is 13.6. The Hall–Kier alpha value is -3.19. The first-order chi connectivity index (χ1) is 20.2. The Morgan fingerprint density at radius 2 is 1.30 bits per heavy atom. The lowest BCUT2D eigenvalue weighted by Gasteiger charge is -2.27. The van der Waals surface area contributed by atoms with E-state index in [1.807, 2.05) is 0 Å². The van der Waals surface area contributed by atoms with Gasteiger partial charge >= 0.3 is 17.9 Å². The van der Waals surface area contributed by atoms with Crippen molar-refractivity contribution in [2.24, 2.45) is 5.92 Å². The topological polar surface area (TPSA) is 90.9 Å². The second kappa shape index (κ2) is 15.0. The van der Waals surface area contributed by atoms with Crippen molar-refractivity contribution < 1.29 is 28.6 Å². The minimum Gasteiger partial charge on any atom is -0.466 e. The fraction of sp³-hybridized carbons (Fsp3) is 0.583. The van der Waals surface area contributed by atoms with Crippen LogP contribution in [-0.4, -0.2) is 49.8 Å². The summed E-state index contributed by atoms with van der Waals surface area (Å²) in [4.78, 5) is 37.4. The van der Waals surface area contributed by atoms with Gasteiger partial charge in [0, 0.05) is 31.3 Å². The van der Waals surface area contributed by atoms with Crippen molar-refractivity contribution in [2.75, 3.05) is 19.8 Å². The lowest BCUT2D eigenvalue weighted by molar-refractivity contribution is -0.158. The van der Waals surface area contributed by atoms with Crippen molar-refractivity contribution in [1.29, 1.82) is 0 Å². The van der Waals surface area contributed by atoms with Gasteiger partial charge in [-0.25, -0.2) is 0 Å². The van der Waals surface area contributed by atoms with E-state index in [-0.39, 0.29) is 61.4 Å². The molecule has 0 aromatic heterocycles. The highest BCUT2D eigenvalue weighted by atomic mass is 16.5. The Morgan fingerprint density at radius 1 is 0.791 bits per heavy atom. The van der Waals surface area contributed by atoms with Gasteiger partial charge in [-0.3, -0.25) is 14.4 Å². The van der Waals surface area contributed by atoms with Crippen LogP contribution in [0.25, 0.3) is 0 Å². The number of hydrogen-bond donors (Lipinski definition) is 1. The molecule has 2 aromatic carbocycles. The molecule has 1 fully saturated rings. The zero-order valence-corrected chi connectivity index (χ0v) is 27.3. The number of carbonyl (C=O) groups is 3. The van der Waals surface area contributed by atoms with Gasteiger partial charge in [-0.1, -0.05) is 90.1 Å². The molecule has 43 heavy (non-hydrogen) atoms. The van der Waals surface area contributed by atoms with E-state index in [4.69, 9.17) is 14.2 Å². The van der Waals surface area contributed by atoms with Gasteiger partial charge < -0.3 is 19.5 Å². The average Bonchev–Trinajstić information content (AvgIpc) is 3.38. The second-order valence-electron chi connectivity index (χ2n) is 13.6. The number of esters is 3. The Bertz CT molecular complexity index is 1150. The van der Waals surface area contributed by atoms with Crippen LogP contribution in [0.1, 0.15) is 109 Å². The van der Waals surface area contributed by atoms with Crippen LogP contribution in [0.15, 0.2) is 48.5 Å². The van der Waals surface area contributed by atoms with Crippen LogP contribution in [-0.2, 0) is 39.4 Å². The number of nitrogens with one attached hydrogen (secondary N) is 1. The van der Waals surface area contributed by atoms with Crippen molar-refractivity contribution in [3.63, 3.8) is 0 Å². The van der Waals surface area contributed by atoms with Gasteiger partial charge in [-0.15, -0.1) is 0 Å². The van der Waals surface area contributed by atoms with E-state index in [0.29, 0.717) is 13.0 Å². The zero-order chi connectivity index (χ0) is 31.8. The Labute approximate surface area is 258 Å². The Morgan fingerprint density at radius 3 is 1.77 bits per heavy atom. The van der Waals surface area contributed by atoms with Crippen LogP contribution >= 0.6 is 0 Å². The summed E-state index contributed by atoms with van der Waals surface area (Å²) in [5.74, 6) is -2.04. The molecule has 1 saturated heterocycles. The SMILES string of the molecule is CCOC(=O)CC[C@H](CC(=O)O[C@H]1CN[C@@H](C(c2ccc(C(C)(C)C)cc2)c2ccc(C(C)(C)C)cc2)C1)C(=O)OCC. The molecule has 0 aliphatic carbocycles. The molecule has 0 unspecified atom stereocenters. The molecule has 0 amide bonds. The average molecular weight is 594 g/mol. The molecule has 1 N–H and O–H groups in total. The maximum atomic E-state index is 13.0. The zero-order valence-electron chi connectivity index (χ0n) is 27.3. The molecular weight excluding hydrogens is 542 g/mol. The minimum atomic E-state index is -0.752. The van der Waals surface area contributed by atoms with Gasteiger partial charge in [0.1, 0.15) is 6.10 Å². The van der Waals surface area contributed by atoms with Crippen LogP contribution in [0.3, 0.4) is 0 Å². The van der Waals surface area contributed by atoms with Crippen LogP contribution in [0, 0.1) is 5.92 Å². The molecule has 1 aliphatic heterocycles. The molecule has 1 aliphatic rings. The summed E-state index contributed by atoms with van der Waals surface area (Å²) in [6.45, 7) is 17.7. The van der Waals surface area contributed by atoms with E-state index in [2.05, 4.69) is 95.4 Å². The fourth-order valence-corrected chi connectivity index (χ4v) is 5.64. The molecule has 1 heterocycles. The molecule has 3 atom stereocenters. The van der Waals surface area contributed by atoms with Crippen LogP contribution in [0.2, 0.25) is 0 Å². The van der Waals surface area contributed by atoms with Crippen molar-refractivity contribution >= 4 is 17.9 Å². The molecule has 0 radical (unpaired) electrons.